The van der Waals surface area contributed by atoms with Crippen LogP contribution >= 0.6 is 0 Å². The third-order valence-electron chi connectivity index (χ3n) is 4.18. The van der Waals surface area contributed by atoms with Crippen molar-refractivity contribution in [3.63, 3.8) is 0 Å². The van der Waals surface area contributed by atoms with Crippen molar-refractivity contribution in [1.82, 2.24) is 10.2 Å². The van der Waals surface area contributed by atoms with Crippen LogP contribution in [0.5, 0.6) is 0 Å². The number of rotatable bonds is 7. The quantitative estimate of drug-likeness (QED) is 0.735. The van der Waals surface area contributed by atoms with Gasteiger partial charge in [0.05, 0.1) is 19.3 Å². The van der Waals surface area contributed by atoms with Gasteiger partial charge in [-0.2, -0.15) is 0 Å². The van der Waals surface area contributed by atoms with Gasteiger partial charge in [0.15, 0.2) is 6.61 Å². The molecule has 1 saturated heterocycles. The maximum atomic E-state index is 11.9. The average Bonchev–Trinajstić information content (AvgIpc) is 2.61. The summed E-state index contributed by atoms with van der Waals surface area (Å²) in [6, 6.07) is 8.38. The molecular formula is C18H27N3O4. The number of amides is 1. The smallest absolute Gasteiger partial charge is 0.303 e. The zero-order chi connectivity index (χ0) is 18.2. The number of carbonyl (C=O) groups excluding carboxylic acids is 2. The van der Waals surface area contributed by atoms with Gasteiger partial charge >= 0.3 is 5.97 Å². The molecule has 1 unspecified atom stereocenters. The normalized spacial score (nSPS) is 16.1. The summed E-state index contributed by atoms with van der Waals surface area (Å²) < 4.78 is 10.2. The molecule has 25 heavy (non-hydrogen) atoms. The summed E-state index contributed by atoms with van der Waals surface area (Å²) in [4.78, 5) is 27.0. The highest BCUT2D eigenvalue weighted by molar-refractivity contribution is 5.79. The van der Waals surface area contributed by atoms with Crippen molar-refractivity contribution in [2.45, 2.75) is 13.0 Å². The summed E-state index contributed by atoms with van der Waals surface area (Å²) in [6.45, 7) is 4.52. The topological polar surface area (TPSA) is 71.1 Å². The third kappa shape index (κ3) is 6.03. The van der Waals surface area contributed by atoms with E-state index in [2.05, 4.69) is 34.5 Å². The number of morpholine rings is 1. The van der Waals surface area contributed by atoms with Crippen molar-refractivity contribution < 1.29 is 19.1 Å². The Morgan fingerprint density at radius 3 is 2.44 bits per heavy atom. The van der Waals surface area contributed by atoms with E-state index in [4.69, 9.17) is 9.47 Å². The molecule has 0 aliphatic carbocycles. The molecule has 1 aromatic carbocycles. The SMILES string of the molecule is CC(=O)OCC(=O)NCC(c1ccc(N(C)C)cc1)N1CCOCC1. The minimum atomic E-state index is -0.459. The van der Waals surface area contributed by atoms with Crippen LogP contribution in [-0.2, 0) is 19.1 Å². The summed E-state index contributed by atoms with van der Waals surface area (Å²) >= 11 is 0. The highest BCUT2D eigenvalue weighted by atomic mass is 16.5. The Kier molecular flexibility index (Phi) is 7.21. The molecule has 1 atom stereocenters. The van der Waals surface area contributed by atoms with Crippen LogP contribution in [0, 0.1) is 0 Å². The Morgan fingerprint density at radius 1 is 1.24 bits per heavy atom. The molecule has 1 N–H and O–H groups in total. The predicted molar refractivity (Wildman–Crippen MR) is 95.5 cm³/mol. The Balaban J connectivity index is 2.04. The van der Waals surface area contributed by atoms with Gasteiger partial charge in [0.25, 0.3) is 5.91 Å². The minimum Gasteiger partial charge on any atom is -0.456 e. The molecule has 7 nitrogen and oxygen atoms in total. The summed E-state index contributed by atoms with van der Waals surface area (Å²) in [6.07, 6.45) is 0. The molecule has 0 aromatic heterocycles. The van der Waals surface area contributed by atoms with Crippen LogP contribution in [0.25, 0.3) is 0 Å². The van der Waals surface area contributed by atoms with E-state index in [1.165, 1.54) is 6.92 Å². The molecule has 138 valence electrons. The first-order chi connectivity index (χ1) is 12.0. The van der Waals surface area contributed by atoms with Gasteiger partial charge in [-0.05, 0) is 17.7 Å². The van der Waals surface area contributed by atoms with Crippen LogP contribution in [0.2, 0.25) is 0 Å². The number of ether oxygens (including phenoxy) is 2. The van der Waals surface area contributed by atoms with Crippen LogP contribution in [0.1, 0.15) is 18.5 Å². The van der Waals surface area contributed by atoms with Crippen molar-refractivity contribution in [1.29, 1.82) is 0 Å². The second-order valence-corrected chi connectivity index (χ2v) is 6.23. The van der Waals surface area contributed by atoms with Crippen LogP contribution in [-0.4, -0.2) is 70.3 Å². The van der Waals surface area contributed by atoms with Gasteiger partial charge in [-0.3, -0.25) is 14.5 Å². The molecule has 1 amide bonds. The van der Waals surface area contributed by atoms with Crippen molar-refractivity contribution in [3.05, 3.63) is 29.8 Å². The highest BCUT2D eigenvalue weighted by Crippen LogP contribution is 2.23. The van der Waals surface area contributed by atoms with Crippen molar-refractivity contribution in [2.75, 3.05) is 58.5 Å². The van der Waals surface area contributed by atoms with Crippen molar-refractivity contribution in [3.8, 4) is 0 Å². The molecule has 0 bridgehead atoms. The first-order valence-electron chi connectivity index (χ1n) is 8.46. The van der Waals surface area contributed by atoms with Crippen LogP contribution in [0.3, 0.4) is 0 Å². The molecule has 0 spiro atoms. The van der Waals surface area contributed by atoms with Crippen LogP contribution < -0.4 is 10.2 Å². The van der Waals surface area contributed by atoms with Gasteiger partial charge in [0.1, 0.15) is 0 Å². The number of carbonyl (C=O) groups is 2. The molecule has 1 aromatic rings. The number of nitrogens with one attached hydrogen (secondary N) is 1. The first kappa shape index (κ1) is 19.2. The van der Waals surface area contributed by atoms with E-state index in [-0.39, 0.29) is 18.6 Å². The molecular weight excluding hydrogens is 322 g/mol. The fourth-order valence-corrected chi connectivity index (χ4v) is 2.77. The van der Waals surface area contributed by atoms with E-state index in [0.29, 0.717) is 19.8 Å². The van der Waals surface area contributed by atoms with E-state index in [1.54, 1.807) is 0 Å². The molecule has 1 aliphatic rings. The van der Waals surface area contributed by atoms with Gasteiger partial charge in [-0.1, -0.05) is 12.1 Å². The largest absolute Gasteiger partial charge is 0.456 e. The number of esters is 1. The Hall–Kier alpha value is -2.12. The van der Waals surface area contributed by atoms with Crippen LogP contribution in [0.4, 0.5) is 5.69 Å². The second-order valence-electron chi connectivity index (χ2n) is 6.23. The number of anilines is 1. The zero-order valence-corrected chi connectivity index (χ0v) is 15.2. The summed E-state index contributed by atoms with van der Waals surface area (Å²) in [5.41, 5.74) is 2.27. The lowest BCUT2D eigenvalue weighted by molar-refractivity contribution is -0.146. The third-order valence-corrected chi connectivity index (χ3v) is 4.18. The van der Waals surface area contributed by atoms with Gasteiger partial charge in [-0.25, -0.2) is 0 Å². The molecule has 0 saturated carbocycles. The average molecular weight is 349 g/mol. The fraction of sp³-hybridized carbons (Fsp3) is 0.556. The van der Waals surface area contributed by atoms with Gasteiger partial charge in [-0.15, -0.1) is 0 Å². The lowest BCUT2D eigenvalue weighted by Crippen LogP contribution is -2.44. The lowest BCUT2D eigenvalue weighted by Gasteiger charge is -2.35. The molecule has 1 aliphatic heterocycles. The van der Waals surface area contributed by atoms with Gasteiger partial charge in [0.2, 0.25) is 0 Å². The van der Waals surface area contributed by atoms with E-state index >= 15 is 0 Å². The standard InChI is InChI=1S/C18H27N3O4/c1-14(22)25-13-18(23)19-12-17(21-8-10-24-11-9-21)15-4-6-16(7-5-15)20(2)3/h4-7,17H,8-13H2,1-3H3,(H,19,23). The predicted octanol–water partition coefficient (Wildman–Crippen LogP) is 0.805. The minimum absolute atomic E-state index is 0.0568. The van der Waals surface area contributed by atoms with Crippen LogP contribution in [0.15, 0.2) is 24.3 Å². The maximum absolute atomic E-state index is 11.9. The summed E-state index contributed by atoms with van der Waals surface area (Å²) in [5, 5.41) is 2.86. The summed E-state index contributed by atoms with van der Waals surface area (Å²) in [7, 11) is 4.01. The number of nitrogens with zero attached hydrogens (tertiary/aromatic N) is 2. The Bertz CT molecular complexity index is 568. The molecule has 1 heterocycles. The summed E-state index contributed by atoms with van der Waals surface area (Å²) in [5.74, 6) is -0.752. The molecule has 1 fully saturated rings. The number of hydrogen-bond acceptors (Lipinski definition) is 6. The molecule has 2 rings (SSSR count). The highest BCUT2D eigenvalue weighted by Gasteiger charge is 2.23. The monoisotopic (exact) mass is 349 g/mol. The van der Waals surface area contributed by atoms with Gasteiger partial charge < -0.3 is 19.7 Å². The van der Waals surface area contributed by atoms with Crippen molar-refractivity contribution >= 4 is 17.6 Å². The van der Waals surface area contributed by atoms with E-state index < -0.39 is 5.97 Å². The van der Waals surface area contributed by atoms with E-state index in [1.807, 2.05) is 19.0 Å². The second kappa shape index (κ2) is 9.39. The molecule has 7 heteroatoms. The Morgan fingerprint density at radius 2 is 1.88 bits per heavy atom. The first-order valence-corrected chi connectivity index (χ1v) is 8.46. The number of hydrogen-bond donors (Lipinski definition) is 1. The fourth-order valence-electron chi connectivity index (χ4n) is 2.77. The van der Waals surface area contributed by atoms with Crippen molar-refractivity contribution in [2.24, 2.45) is 0 Å². The van der Waals surface area contributed by atoms with E-state index in [0.717, 1.165) is 24.3 Å². The zero-order valence-electron chi connectivity index (χ0n) is 15.2. The van der Waals surface area contributed by atoms with Gasteiger partial charge in [0, 0.05) is 46.3 Å². The Labute approximate surface area is 148 Å². The molecule has 0 radical (unpaired) electrons. The van der Waals surface area contributed by atoms with E-state index in [9.17, 15) is 9.59 Å². The number of benzene rings is 1. The maximum Gasteiger partial charge on any atom is 0.303 e. The lowest BCUT2D eigenvalue weighted by atomic mass is 10.0.